The van der Waals surface area contributed by atoms with E-state index in [9.17, 15) is 0 Å². The zero-order chi connectivity index (χ0) is 39.8. The minimum Gasteiger partial charge on any atom is -0.310 e. The van der Waals surface area contributed by atoms with Crippen molar-refractivity contribution in [2.45, 2.75) is 32.1 Å². The van der Waals surface area contributed by atoms with Gasteiger partial charge in [-0.05, 0) is 141 Å². The highest BCUT2D eigenvalue weighted by Gasteiger charge is 2.41. The molecule has 0 bridgehead atoms. The molecule has 0 aromatic heterocycles. The molecule has 0 atom stereocenters. The van der Waals surface area contributed by atoms with Crippen LogP contribution >= 0.6 is 0 Å². The van der Waals surface area contributed by atoms with Gasteiger partial charge in [-0.1, -0.05) is 159 Å². The van der Waals surface area contributed by atoms with E-state index in [4.69, 9.17) is 0 Å². The maximum atomic E-state index is 2.46. The van der Waals surface area contributed by atoms with Gasteiger partial charge in [-0.25, -0.2) is 0 Å². The lowest BCUT2D eigenvalue weighted by atomic mass is 9.73. The fraction of sp³-hybridized carbons (Fsp3) is 0.0877. The first-order valence-corrected chi connectivity index (χ1v) is 20.9. The van der Waals surface area contributed by atoms with Crippen molar-refractivity contribution in [3.05, 3.63) is 229 Å². The molecule has 2 nitrogen and oxygen atoms in total. The van der Waals surface area contributed by atoms with Crippen molar-refractivity contribution in [3.8, 4) is 11.1 Å². The molecule has 2 heteroatoms. The van der Waals surface area contributed by atoms with Crippen LogP contribution in [0.4, 0.5) is 34.1 Å². The predicted octanol–water partition coefficient (Wildman–Crippen LogP) is 16.2. The summed E-state index contributed by atoms with van der Waals surface area (Å²) in [5, 5.41) is 4.93. The molecule has 0 amide bonds. The van der Waals surface area contributed by atoms with Gasteiger partial charge in [0.15, 0.2) is 0 Å². The zero-order valence-corrected chi connectivity index (χ0v) is 33.6. The fourth-order valence-corrected chi connectivity index (χ4v) is 9.36. The van der Waals surface area contributed by atoms with E-state index in [1.165, 1.54) is 60.6 Å². The lowest BCUT2D eigenvalue weighted by Gasteiger charge is -2.32. The molecule has 1 aliphatic rings. The maximum absolute atomic E-state index is 2.46. The van der Waals surface area contributed by atoms with Crippen LogP contribution in [-0.4, -0.2) is 0 Å². The Morgan fingerprint density at radius 3 is 1.29 bits per heavy atom. The molecule has 0 unspecified atom stereocenters. The fourth-order valence-electron chi connectivity index (χ4n) is 9.36. The molecule has 0 saturated carbocycles. The molecular weight excluding hydrogens is 713 g/mol. The summed E-state index contributed by atoms with van der Waals surface area (Å²) in [5.41, 5.74) is 14.8. The highest BCUT2D eigenvalue weighted by molar-refractivity contribution is 5.93. The van der Waals surface area contributed by atoms with Crippen molar-refractivity contribution in [3.63, 3.8) is 0 Å². The Balaban J connectivity index is 0.970. The number of hydrogen-bond acceptors (Lipinski definition) is 2. The highest BCUT2D eigenvalue weighted by Crippen LogP contribution is 2.54. The number of benzene rings is 9. The minimum atomic E-state index is -0.0692. The van der Waals surface area contributed by atoms with Gasteiger partial charge in [-0.3, -0.25) is 0 Å². The average molecular weight is 759 g/mol. The number of anilines is 6. The van der Waals surface area contributed by atoms with Crippen LogP contribution in [0.1, 0.15) is 48.9 Å². The van der Waals surface area contributed by atoms with Gasteiger partial charge >= 0.3 is 0 Å². The van der Waals surface area contributed by atoms with Gasteiger partial charge in [0.25, 0.3) is 0 Å². The summed E-state index contributed by atoms with van der Waals surface area (Å²) in [5.74, 6) is 0. The van der Waals surface area contributed by atoms with E-state index in [0.29, 0.717) is 0 Å². The number of fused-ring (bicyclic) bond motifs is 5. The summed E-state index contributed by atoms with van der Waals surface area (Å²) in [6.45, 7) is 4.70. The minimum absolute atomic E-state index is 0.0692. The molecule has 0 heterocycles. The number of nitrogens with zero attached hydrogens (tertiary/aromatic N) is 2. The van der Waals surface area contributed by atoms with E-state index in [1.54, 1.807) is 0 Å². The smallest absolute Gasteiger partial charge is 0.0468 e. The van der Waals surface area contributed by atoms with Crippen LogP contribution in [-0.2, 0) is 5.41 Å². The first-order chi connectivity index (χ1) is 29.1. The number of rotatable bonds is 10. The second kappa shape index (κ2) is 15.3. The van der Waals surface area contributed by atoms with Crippen LogP contribution < -0.4 is 9.80 Å². The van der Waals surface area contributed by atoms with Crippen molar-refractivity contribution >= 4 is 67.8 Å². The van der Waals surface area contributed by atoms with E-state index in [2.05, 4.69) is 242 Å². The molecule has 1 aliphatic carbocycles. The Labute approximate surface area is 348 Å². The van der Waals surface area contributed by atoms with E-state index < -0.39 is 0 Å². The Kier molecular flexibility index (Phi) is 9.39. The molecule has 0 spiro atoms. The quantitative estimate of drug-likeness (QED) is 0.128. The third-order valence-corrected chi connectivity index (χ3v) is 12.5. The van der Waals surface area contributed by atoms with Crippen molar-refractivity contribution < 1.29 is 0 Å². The summed E-state index contributed by atoms with van der Waals surface area (Å²) >= 11 is 0. The van der Waals surface area contributed by atoms with Gasteiger partial charge in [-0.15, -0.1) is 0 Å². The van der Waals surface area contributed by atoms with E-state index >= 15 is 0 Å². The molecule has 0 saturated heterocycles. The molecule has 9 aromatic rings. The summed E-state index contributed by atoms with van der Waals surface area (Å²) in [4.78, 5) is 4.74. The summed E-state index contributed by atoms with van der Waals surface area (Å²) in [6.07, 6.45) is 6.59. The topological polar surface area (TPSA) is 6.48 Å². The van der Waals surface area contributed by atoms with Crippen LogP contribution in [0.2, 0.25) is 0 Å². The third kappa shape index (κ3) is 6.57. The largest absolute Gasteiger partial charge is 0.310 e. The Bertz CT molecular complexity index is 2840. The first kappa shape index (κ1) is 36.2. The Morgan fingerprint density at radius 1 is 0.339 bits per heavy atom. The summed E-state index contributed by atoms with van der Waals surface area (Å²) in [6, 6.07) is 75.2. The second-order valence-corrected chi connectivity index (χ2v) is 15.7. The molecule has 0 aliphatic heterocycles. The van der Waals surface area contributed by atoms with Crippen LogP contribution in [0, 0.1) is 0 Å². The number of para-hydroxylation sites is 2. The molecule has 284 valence electrons. The van der Waals surface area contributed by atoms with Crippen molar-refractivity contribution in [2.24, 2.45) is 0 Å². The summed E-state index contributed by atoms with van der Waals surface area (Å²) in [7, 11) is 0. The van der Waals surface area contributed by atoms with Gasteiger partial charge < -0.3 is 9.80 Å². The van der Waals surface area contributed by atoms with Crippen LogP contribution in [0.25, 0.3) is 44.8 Å². The van der Waals surface area contributed by atoms with Crippen LogP contribution in [0.15, 0.2) is 206 Å². The van der Waals surface area contributed by atoms with Gasteiger partial charge in [0, 0.05) is 39.5 Å². The highest BCUT2D eigenvalue weighted by atomic mass is 15.1. The average Bonchev–Trinajstić information content (AvgIpc) is 3.58. The number of hydrogen-bond donors (Lipinski definition) is 0. The Hall–Kier alpha value is -7.16. The Morgan fingerprint density at radius 2 is 0.729 bits per heavy atom. The summed E-state index contributed by atoms with van der Waals surface area (Å²) < 4.78 is 0. The predicted molar refractivity (Wildman–Crippen MR) is 253 cm³/mol. The lowest BCUT2D eigenvalue weighted by Crippen LogP contribution is -2.23. The van der Waals surface area contributed by atoms with Crippen LogP contribution in [0.3, 0.4) is 0 Å². The molecular formula is C57H46N2. The molecule has 0 fully saturated rings. The first-order valence-electron chi connectivity index (χ1n) is 20.9. The second-order valence-electron chi connectivity index (χ2n) is 15.7. The normalized spacial score (nSPS) is 12.8. The van der Waals surface area contributed by atoms with Crippen molar-refractivity contribution in [1.29, 1.82) is 0 Å². The standard InChI is InChI=1S/C57H46N2/c1-3-57(4-2)55-37-42(27-35-53(55)54-36-34-52(40-56(54)57)58(47-19-7-5-8-20-47)48-21-9-6-10-22-48)24-23-41-25-30-49(31-26-41)59(50-32-28-43-15-11-13-17-45(43)38-50)51-33-29-44-16-12-14-18-46(44)39-51/h5-40H,3-4H2,1-2H3/b24-23+. The lowest BCUT2D eigenvalue weighted by molar-refractivity contribution is 0.490. The van der Waals surface area contributed by atoms with E-state index in [0.717, 1.165) is 41.3 Å². The van der Waals surface area contributed by atoms with Crippen molar-refractivity contribution in [2.75, 3.05) is 9.80 Å². The van der Waals surface area contributed by atoms with Gasteiger partial charge in [-0.2, -0.15) is 0 Å². The van der Waals surface area contributed by atoms with E-state index in [-0.39, 0.29) is 5.41 Å². The SMILES string of the molecule is CCC1(CC)c2cc(/C=C/c3ccc(N(c4ccc5ccccc5c4)c4ccc5ccccc5c4)cc3)ccc2-c2ccc(N(c3ccccc3)c3ccccc3)cc21. The third-order valence-electron chi connectivity index (χ3n) is 12.5. The van der Waals surface area contributed by atoms with Crippen molar-refractivity contribution in [1.82, 2.24) is 0 Å². The van der Waals surface area contributed by atoms with Crippen LogP contribution in [0.5, 0.6) is 0 Å². The molecule has 10 rings (SSSR count). The van der Waals surface area contributed by atoms with Gasteiger partial charge in [0.2, 0.25) is 0 Å². The zero-order valence-electron chi connectivity index (χ0n) is 33.6. The molecule has 59 heavy (non-hydrogen) atoms. The molecule has 9 aromatic carbocycles. The van der Waals surface area contributed by atoms with Gasteiger partial charge in [0.05, 0.1) is 0 Å². The maximum Gasteiger partial charge on any atom is 0.0468 e. The monoisotopic (exact) mass is 758 g/mol. The van der Waals surface area contributed by atoms with E-state index in [1.807, 2.05) is 0 Å². The molecule has 0 N–H and O–H groups in total. The van der Waals surface area contributed by atoms with Gasteiger partial charge in [0.1, 0.15) is 0 Å². The molecule has 0 radical (unpaired) electrons.